The second kappa shape index (κ2) is 4.94. The molecule has 0 aliphatic heterocycles. The van der Waals surface area contributed by atoms with Crippen molar-refractivity contribution in [3.63, 3.8) is 0 Å². The van der Waals surface area contributed by atoms with E-state index in [2.05, 4.69) is 39.9 Å². The normalized spacial score (nSPS) is 14.4. The summed E-state index contributed by atoms with van der Waals surface area (Å²) in [5.74, 6) is 1.48. The molecule has 0 aromatic rings. The van der Waals surface area contributed by atoms with Crippen LogP contribution in [0.5, 0.6) is 0 Å². The van der Waals surface area contributed by atoms with E-state index in [4.69, 9.17) is 12.2 Å². The van der Waals surface area contributed by atoms with E-state index >= 15 is 0 Å². The highest BCUT2D eigenvalue weighted by atomic mass is 32.1. The summed E-state index contributed by atoms with van der Waals surface area (Å²) in [6.45, 7) is 13.2. The van der Waals surface area contributed by atoms with Crippen LogP contribution in [0, 0.1) is 11.8 Å². The molecule has 2 heteroatoms. The van der Waals surface area contributed by atoms with Crippen LogP contribution in [0.1, 0.15) is 48.0 Å². The minimum atomic E-state index is 0.134. The third kappa shape index (κ3) is 6.03. The Hall–Kier alpha value is -0.110. The minimum Gasteiger partial charge on any atom is -0.375 e. The van der Waals surface area contributed by atoms with Gasteiger partial charge in [-0.15, -0.1) is 0 Å². The van der Waals surface area contributed by atoms with Gasteiger partial charge in [-0.05, 0) is 39.0 Å². The highest BCUT2D eigenvalue weighted by Gasteiger charge is 2.22. The summed E-state index contributed by atoms with van der Waals surface area (Å²) in [6, 6.07) is 0. The molecule has 0 saturated heterocycles. The standard InChI is InChI=1S/C11H23NS/c1-8(2)9(3)7-11(5,6)12-10(4)13/h8-9H,7H2,1-6H3,(H,12,13). The van der Waals surface area contributed by atoms with E-state index in [0.29, 0.717) is 0 Å². The summed E-state index contributed by atoms with van der Waals surface area (Å²) < 4.78 is 0. The molecule has 0 rings (SSSR count). The number of thiocarbonyl (C=S) groups is 1. The molecule has 0 aromatic carbocycles. The first-order valence-corrected chi connectivity index (χ1v) is 5.44. The van der Waals surface area contributed by atoms with Crippen molar-refractivity contribution >= 4 is 17.2 Å². The molecule has 0 heterocycles. The fraction of sp³-hybridized carbons (Fsp3) is 0.909. The van der Waals surface area contributed by atoms with Gasteiger partial charge in [0, 0.05) is 5.54 Å². The summed E-state index contributed by atoms with van der Waals surface area (Å²) in [6.07, 6.45) is 1.17. The van der Waals surface area contributed by atoms with Crippen molar-refractivity contribution in [2.24, 2.45) is 11.8 Å². The first kappa shape index (κ1) is 12.9. The molecule has 0 saturated carbocycles. The van der Waals surface area contributed by atoms with E-state index in [-0.39, 0.29) is 5.54 Å². The molecule has 1 unspecified atom stereocenters. The van der Waals surface area contributed by atoms with Crippen molar-refractivity contribution in [3.8, 4) is 0 Å². The van der Waals surface area contributed by atoms with E-state index in [1.165, 1.54) is 6.42 Å². The number of hydrogen-bond donors (Lipinski definition) is 1. The highest BCUT2D eigenvalue weighted by molar-refractivity contribution is 7.80. The van der Waals surface area contributed by atoms with Crippen LogP contribution in [0.4, 0.5) is 0 Å². The van der Waals surface area contributed by atoms with Crippen molar-refractivity contribution in [2.45, 2.75) is 53.5 Å². The van der Waals surface area contributed by atoms with Gasteiger partial charge in [0.05, 0.1) is 4.99 Å². The smallest absolute Gasteiger partial charge is 0.0725 e. The van der Waals surface area contributed by atoms with Crippen LogP contribution in [-0.2, 0) is 0 Å². The lowest BCUT2D eigenvalue weighted by atomic mass is 9.85. The van der Waals surface area contributed by atoms with Gasteiger partial charge in [-0.25, -0.2) is 0 Å². The molecule has 78 valence electrons. The number of nitrogens with one attached hydrogen (secondary N) is 1. The highest BCUT2D eigenvalue weighted by Crippen LogP contribution is 2.22. The largest absolute Gasteiger partial charge is 0.375 e. The molecule has 0 aromatic heterocycles. The van der Waals surface area contributed by atoms with E-state index in [1.807, 2.05) is 6.92 Å². The quantitative estimate of drug-likeness (QED) is 0.700. The van der Waals surface area contributed by atoms with Crippen LogP contribution in [0.25, 0.3) is 0 Å². The topological polar surface area (TPSA) is 12.0 Å². The second-order valence-corrected chi connectivity index (χ2v) is 5.60. The molecule has 0 fully saturated rings. The van der Waals surface area contributed by atoms with Gasteiger partial charge < -0.3 is 5.32 Å². The van der Waals surface area contributed by atoms with Gasteiger partial charge in [0.1, 0.15) is 0 Å². The summed E-state index contributed by atoms with van der Waals surface area (Å²) in [7, 11) is 0. The molecular formula is C11H23NS. The molecular weight excluding hydrogens is 178 g/mol. The summed E-state index contributed by atoms with van der Waals surface area (Å²) in [5, 5.41) is 3.34. The van der Waals surface area contributed by atoms with Gasteiger partial charge in [-0.2, -0.15) is 0 Å². The lowest BCUT2D eigenvalue weighted by Crippen LogP contribution is -2.43. The van der Waals surface area contributed by atoms with Gasteiger partial charge in [-0.1, -0.05) is 33.0 Å². The molecule has 0 amide bonds. The van der Waals surface area contributed by atoms with Crippen LogP contribution in [0.3, 0.4) is 0 Å². The molecule has 0 radical (unpaired) electrons. The molecule has 0 spiro atoms. The van der Waals surface area contributed by atoms with E-state index in [9.17, 15) is 0 Å². The van der Waals surface area contributed by atoms with E-state index < -0.39 is 0 Å². The summed E-state index contributed by atoms with van der Waals surface area (Å²) in [5.41, 5.74) is 0.134. The molecule has 1 nitrogen and oxygen atoms in total. The third-order valence-corrected chi connectivity index (χ3v) is 2.59. The zero-order chi connectivity index (χ0) is 10.6. The molecule has 0 aliphatic rings. The predicted molar refractivity (Wildman–Crippen MR) is 64.1 cm³/mol. The Balaban J connectivity index is 4.08. The molecule has 0 aliphatic carbocycles. The lowest BCUT2D eigenvalue weighted by molar-refractivity contribution is 0.292. The SMILES string of the molecule is CC(=S)NC(C)(C)CC(C)C(C)C. The predicted octanol–water partition coefficient (Wildman–Crippen LogP) is 3.38. The van der Waals surface area contributed by atoms with Gasteiger partial charge in [0.25, 0.3) is 0 Å². The fourth-order valence-corrected chi connectivity index (χ4v) is 1.84. The van der Waals surface area contributed by atoms with Gasteiger partial charge >= 0.3 is 0 Å². The Kier molecular flexibility index (Phi) is 4.90. The summed E-state index contributed by atoms with van der Waals surface area (Å²) >= 11 is 5.05. The van der Waals surface area contributed by atoms with Gasteiger partial charge in [0.15, 0.2) is 0 Å². The third-order valence-electron chi connectivity index (χ3n) is 2.48. The van der Waals surface area contributed by atoms with Crippen molar-refractivity contribution < 1.29 is 0 Å². The van der Waals surface area contributed by atoms with Crippen LogP contribution < -0.4 is 5.32 Å². The minimum absolute atomic E-state index is 0.134. The number of hydrogen-bond acceptors (Lipinski definition) is 1. The van der Waals surface area contributed by atoms with Crippen molar-refractivity contribution in [2.75, 3.05) is 0 Å². The van der Waals surface area contributed by atoms with Crippen LogP contribution in [-0.4, -0.2) is 10.5 Å². The Morgan fingerprint density at radius 3 is 2.08 bits per heavy atom. The zero-order valence-electron chi connectivity index (χ0n) is 9.77. The number of rotatable bonds is 4. The monoisotopic (exact) mass is 201 g/mol. The van der Waals surface area contributed by atoms with Gasteiger partial charge in [-0.3, -0.25) is 0 Å². The van der Waals surface area contributed by atoms with Crippen LogP contribution in [0.15, 0.2) is 0 Å². The lowest BCUT2D eigenvalue weighted by Gasteiger charge is -2.31. The Bertz CT molecular complexity index is 173. The maximum atomic E-state index is 5.05. The molecule has 1 atom stereocenters. The first-order valence-electron chi connectivity index (χ1n) is 5.03. The maximum absolute atomic E-state index is 5.05. The maximum Gasteiger partial charge on any atom is 0.0725 e. The van der Waals surface area contributed by atoms with Crippen LogP contribution in [0.2, 0.25) is 0 Å². The van der Waals surface area contributed by atoms with Crippen molar-refractivity contribution in [1.82, 2.24) is 5.32 Å². The van der Waals surface area contributed by atoms with Crippen LogP contribution >= 0.6 is 12.2 Å². The van der Waals surface area contributed by atoms with Crippen molar-refractivity contribution in [3.05, 3.63) is 0 Å². The molecule has 13 heavy (non-hydrogen) atoms. The van der Waals surface area contributed by atoms with Gasteiger partial charge in [0.2, 0.25) is 0 Å². The molecule has 0 bridgehead atoms. The Morgan fingerprint density at radius 2 is 1.77 bits per heavy atom. The average molecular weight is 201 g/mol. The molecule has 1 N–H and O–H groups in total. The van der Waals surface area contributed by atoms with E-state index in [0.717, 1.165) is 16.8 Å². The Labute approximate surface area is 88.3 Å². The zero-order valence-corrected chi connectivity index (χ0v) is 10.6. The Morgan fingerprint density at radius 1 is 1.31 bits per heavy atom. The summed E-state index contributed by atoms with van der Waals surface area (Å²) in [4.78, 5) is 0.890. The first-order chi connectivity index (χ1) is 5.74. The second-order valence-electron chi connectivity index (χ2n) is 4.99. The van der Waals surface area contributed by atoms with Crippen molar-refractivity contribution in [1.29, 1.82) is 0 Å². The average Bonchev–Trinajstić information content (AvgIpc) is 1.81. The van der Waals surface area contributed by atoms with E-state index in [1.54, 1.807) is 0 Å². The fourth-order valence-electron chi connectivity index (χ4n) is 1.57.